The molecule has 0 unspecified atom stereocenters. The average Bonchev–Trinajstić information content (AvgIpc) is 3.85. The third-order valence-corrected chi connectivity index (χ3v) is 14.3. The van der Waals surface area contributed by atoms with E-state index >= 15 is 0 Å². The predicted molar refractivity (Wildman–Crippen MR) is 285 cm³/mol. The second-order valence-corrected chi connectivity index (χ2v) is 23.1. The van der Waals surface area contributed by atoms with Crippen LogP contribution in [0.3, 0.4) is 0 Å². The van der Waals surface area contributed by atoms with Crippen molar-refractivity contribution in [3.63, 3.8) is 0 Å². The van der Waals surface area contributed by atoms with Crippen molar-refractivity contribution in [1.29, 1.82) is 0 Å². The van der Waals surface area contributed by atoms with E-state index in [1.54, 1.807) is 0 Å². The van der Waals surface area contributed by atoms with Gasteiger partial charge in [0.1, 0.15) is 0 Å². The van der Waals surface area contributed by atoms with Gasteiger partial charge in [-0.3, -0.25) is 0 Å². The van der Waals surface area contributed by atoms with Gasteiger partial charge < -0.3 is 9.80 Å². The molecule has 0 bridgehead atoms. The maximum Gasteiger partial charge on any atom is 0.0543 e. The fourth-order valence-corrected chi connectivity index (χ4v) is 10.5. The molecule has 332 valence electrons. The van der Waals surface area contributed by atoms with Gasteiger partial charge in [-0.1, -0.05) is 180 Å². The SMILES string of the molecule is CC(C)(C)c1ccc(N(c2ccc(C(C)(C)C)cc2)c2cc3c(c4c2Cc2ccccc2-4)-c2c(cc(N(c4ccc(C(C)(C)C)cc4)c4ccc(C(C)(C)C)cc4)c4ccccc24)C3)cc1. The number of anilines is 6. The van der Waals surface area contributed by atoms with Crippen LogP contribution in [0.15, 0.2) is 158 Å². The van der Waals surface area contributed by atoms with Crippen molar-refractivity contribution < 1.29 is 0 Å². The molecule has 2 aliphatic carbocycles. The Morgan fingerprint density at radius 1 is 0.318 bits per heavy atom. The lowest BCUT2D eigenvalue weighted by molar-refractivity contribution is 0.590. The van der Waals surface area contributed by atoms with E-state index in [4.69, 9.17) is 0 Å². The van der Waals surface area contributed by atoms with E-state index in [9.17, 15) is 0 Å². The van der Waals surface area contributed by atoms with Gasteiger partial charge in [-0.15, -0.1) is 0 Å². The van der Waals surface area contributed by atoms with Crippen LogP contribution >= 0.6 is 0 Å². The van der Waals surface area contributed by atoms with E-state index in [0.29, 0.717) is 0 Å². The Morgan fingerprint density at radius 2 is 0.682 bits per heavy atom. The third kappa shape index (κ3) is 7.63. The molecule has 0 amide bonds. The first-order chi connectivity index (χ1) is 31.3. The molecule has 2 aliphatic rings. The van der Waals surface area contributed by atoms with Gasteiger partial charge in [0.25, 0.3) is 0 Å². The Morgan fingerprint density at radius 3 is 1.12 bits per heavy atom. The number of nitrogens with zero attached hydrogens (tertiary/aromatic N) is 2. The summed E-state index contributed by atoms with van der Waals surface area (Å²) in [5.74, 6) is 0. The highest BCUT2D eigenvalue weighted by Crippen LogP contribution is 2.57. The van der Waals surface area contributed by atoms with Crippen LogP contribution < -0.4 is 9.80 Å². The van der Waals surface area contributed by atoms with E-state index in [2.05, 4.69) is 251 Å². The van der Waals surface area contributed by atoms with Gasteiger partial charge in [-0.25, -0.2) is 0 Å². The molecule has 0 heterocycles. The lowest BCUT2D eigenvalue weighted by atomic mass is 9.86. The predicted octanol–water partition coefficient (Wildman–Crippen LogP) is 18.1. The zero-order chi connectivity index (χ0) is 46.5. The van der Waals surface area contributed by atoms with Gasteiger partial charge in [0.05, 0.1) is 11.4 Å². The van der Waals surface area contributed by atoms with Crippen molar-refractivity contribution in [2.75, 3.05) is 9.80 Å². The van der Waals surface area contributed by atoms with Crippen LogP contribution in [0.2, 0.25) is 0 Å². The van der Waals surface area contributed by atoms with Crippen molar-refractivity contribution in [2.24, 2.45) is 0 Å². The minimum atomic E-state index is 0.0584. The number of hydrogen-bond acceptors (Lipinski definition) is 2. The van der Waals surface area contributed by atoms with Gasteiger partial charge in [0, 0.05) is 34.6 Å². The molecule has 0 radical (unpaired) electrons. The summed E-state index contributed by atoms with van der Waals surface area (Å²) >= 11 is 0. The van der Waals surface area contributed by atoms with Gasteiger partial charge in [0.15, 0.2) is 0 Å². The normalized spacial score (nSPS) is 13.3. The highest BCUT2D eigenvalue weighted by Gasteiger charge is 2.35. The number of hydrogen-bond donors (Lipinski definition) is 0. The lowest BCUT2D eigenvalue weighted by Crippen LogP contribution is -2.15. The second-order valence-electron chi connectivity index (χ2n) is 23.1. The highest BCUT2D eigenvalue weighted by molar-refractivity contribution is 6.13. The van der Waals surface area contributed by atoms with Crippen LogP contribution in [0.4, 0.5) is 34.1 Å². The summed E-state index contributed by atoms with van der Waals surface area (Å²) in [4.78, 5) is 5.04. The Hall–Kier alpha value is -6.38. The standard InChI is InChI=1S/C64H66N2/c1-61(2,3)44-21-29-48(30-22-44)65(49-31-23-45(24-32-49)62(4,5)6)56-39-42-37-43-40-57(55-38-41-17-13-14-18-52(41)60(55)59(43)58(42)54-20-16-15-19-53(54)56)66(50-33-25-46(26-34-50)63(7,8)9)51-35-27-47(28-36-51)64(10,11)12/h13-36,39-40H,37-38H2,1-12H3. The zero-order valence-electron chi connectivity index (χ0n) is 41.3. The van der Waals surface area contributed by atoms with Crippen molar-refractivity contribution in [3.05, 3.63) is 202 Å². The summed E-state index contributed by atoms with van der Waals surface area (Å²) in [7, 11) is 0. The summed E-state index contributed by atoms with van der Waals surface area (Å²) in [6.07, 6.45) is 1.74. The van der Waals surface area contributed by atoms with Crippen molar-refractivity contribution >= 4 is 44.9 Å². The third-order valence-electron chi connectivity index (χ3n) is 14.3. The number of benzene rings is 8. The van der Waals surface area contributed by atoms with Gasteiger partial charge >= 0.3 is 0 Å². The van der Waals surface area contributed by atoms with Crippen molar-refractivity contribution in [3.8, 4) is 22.3 Å². The largest absolute Gasteiger partial charge is 0.310 e. The van der Waals surface area contributed by atoms with Crippen LogP contribution in [0.25, 0.3) is 33.0 Å². The Bertz CT molecular complexity index is 3010. The van der Waals surface area contributed by atoms with Gasteiger partial charge in [-0.05, 0) is 161 Å². The smallest absolute Gasteiger partial charge is 0.0543 e. The zero-order valence-corrected chi connectivity index (χ0v) is 41.3. The average molecular weight is 863 g/mol. The molecule has 0 aromatic heterocycles. The fourth-order valence-electron chi connectivity index (χ4n) is 10.5. The van der Waals surface area contributed by atoms with Crippen LogP contribution in [-0.4, -0.2) is 0 Å². The summed E-state index contributed by atoms with van der Waals surface area (Å²) in [5, 5.41) is 2.56. The Labute approximate surface area is 395 Å². The van der Waals surface area contributed by atoms with Crippen molar-refractivity contribution in [1.82, 2.24) is 0 Å². The molecule has 0 fully saturated rings. The topological polar surface area (TPSA) is 6.48 Å². The second kappa shape index (κ2) is 15.6. The van der Waals surface area contributed by atoms with Crippen molar-refractivity contribution in [2.45, 2.75) is 118 Å². The molecule has 8 aromatic rings. The van der Waals surface area contributed by atoms with E-state index in [-0.39, 0.29) is 21.7 Å². The maximum atomic E-state index is 2.55. The number of fused-ring (bicyclic) bond motifs is 9. The Balaban J connectivity index is 1.20. The van der Waals surface area contributed by atoms with Crippen LogP contribution in [0, 0.1) is 0 Å². The molecule has 0 N–H and O–H groups in total. The highest BCUT2D eigenvalue weighted by atomic mass is 15.2. The Kier molecular flexibility index (Phi) is 10.3. The van der Waals surface area contributed by atoms with Crippen LogP contribution in [0.5, 0.6) is 0 Å². The maximum absolute atomic E-state index is 2.55. The molecule has 0 spiro atoms. The molecule has 0 atom stereocenters. The van der Waals surface area contributed by atoms with Crippen LogP contribution in [-0.2, 0) is 34.5 Å². The molecule has 8 aromatic carbocycles. The molecule has 66 heavy (non-hydrogen) atoms. The molecule has 10 rings (SSSR count). The lowest BCUT2D eigenvalue weighted by Gasteiger charge is -2.31. The van der Waals surface area contributed by atoms with E-state index < -0.39 is 0 Å². The van der Waals surface area contributed by atoms with E-state index in [1.807, 2.05) is 0 Å². The molecular weight excluding hydrogens is 797 g/mol. The first-order valence-corrected chi connectivity index (χ1v) is 24.1. The molecule has 0 saturated carbocycles. The number of rotatable bonds is 6. The quantitative estimate of drug-likeness (QED) is 0.164. The molecule has 0 saturated heterocycles. The first kappa shape index (κ1) is 43.5. The summed E-state index contributed by atoms with van der Waals surface area (Å²) in [6.45, 7) is 27.6. The summed E-state index contributed by atoms with van der Waals surface area (Å²) in [6, 6.07) is 60.6. The fraction of sp³-hybridized carbons (Fsp3) is 0.281. The van der Waals surface area contributed by atoms with Crippen LogP contribution in [0.1, 0.15) is 128 Å². The monoisotopic (exact) mass is 863 g/mol. The minimum Gasteiger partial charge on any atom is -0.310 e. The van der Waals surface area contributed by atoms with Gasteiger partial charge in [-0.2, -0.15) is 0 Å². The summed E-state index contributed by atoms with van der Waals surface area (Å²) < 4.78 is 0. The first-order valence-electron chi connectivity index (χ1n) is 24.1. The summed E-state index contributed by atoms with van der Waals surface area (Å²) in [5.41, 5.74) is 23.8. The van der Waals surface area contributed by atoms with E-state index in [0.717, 1.165) is 24.2 Å². The van der Waals surface area contributed by atoms with Gasteiger partial charge in [0.2, 0.25) is 0 Å². The van der Waals surface area contributed by atoms with E-state index in [1.165, 1.54) is 100 Å². The molecular formula is C64H66N2. The molecule has 2 heteroatoms. The molecule has 0 aliphatic heterocycles. The molecule has 2 nitrogen and oxygen atoms in total. The minimum absolute atomic E-state index is 0.0584.